The van der Waals surface area contributed by atoms with Crippen LogP contribution in [0.4, 0.5) is 5.69 Å². The van der Waals surface area contributed by atoms with Gasteiger partial charge in [0, 0.05) is 25.2 Å². The van der Waals surface area contributed by atoms with Gasteiger partial charge in [-0.25, -0.2) is 4.99 Å². The van der Waals surface area contributed by atoms with E-state index >= 15 is 0 Å². The maximum Gasteiger partial charge on any atom is 0.251 e. The number of rotatable bonds is 5. The van der Waals surface area contributed by atoms with E-state index in [-0.39, 0.29) is 5.91 Å². The van der Waals surface area contributed by atoms with Crippen LogP contribution < -0.4 is 11.1 Å². The topological polar surface area (TPSA) is 70.7 Å². The molecule has 0 aliphatic carbocycles. The van der Waals surface area contributed by atoms with E-state index < -0.39 is 0 Å². The summed E-state index contributed by atoms with van der Waals surface area (Å²) in [5.41, 5.74) is 9.83. The minimum Gasteiger partial charge on any atom is -0.369 e. The lowest BCUT2D eigenvalue weighted by Gasteiger charge is -2.15. The molecule has 5 nitrogen and oxygen atoms in total. The zero-order valence-electron chi connectivity index (χ0n) is 15.2. The molecule has 1 aliphatic rings. The predicted molar refractivity (Wildman–Crippen MR) is 106 cm³/mol. The fourth-order valence-corrected chi connectivity index (χ4v) is 3.04. The first-order chi connectivity index (χ1) is 12.6. The summed E-state index contributed by atoms with van der Waals surface area (Å²) < 4.78 is 0. The van der Waals surface area contributed by atoms with Crippen LogP contribution >= 0.6 is 0 Å². The number of aliphatic imine (C=N–C) groups is 1. The van der Waals surface area contributed by atoms with Crippen molar-refractivity contribution in [3.05, 3.63) is 65.2 Å². The van der Waals surface area contributed by atoms with Gasteiger partial charge in [-0.15, -0.1) is 0 Å². The van der Waals surface area contributed by atoms with E-state index in [9.17, 15) is 4.79 Å². The van der Waals surface area contributed by atoms with Crippen molar-refractivity contribution in [2.24, 2.45) is 10.7 Å². The Kier molecular flexibility index (Phi) is 5.89. The number of hydrogen-bond donors (Lipinski definition) is 2. The minimum absolute atomic E-state index is 0.0890. The molecule has 3 rings (SSSR count). The predicted octanol–water partition coefficient (Wildman–Crippen LogP) is 3.01. The van der Waals surface area contributed by atoms with Gasteiger partial charge >= 0.3 is 0 Å². The summed E-state index contributed by atoms with van der Waals surface area (Å²) in [5, 5.41) is 2.97. The fraction of sp³-hybridized carbons (Fsp3) is 0.333. The number of hydrogen-bond acceptors (Lipinski definition) is 2. The first kappa shape index (κ1) is 18.0. The number of carbonyl (C=O) groups excluding carboxylic acids is 1. The number of amides is 1. The van der Waals surface area contributed by atoms with Gasteiger partial charge in [-0.1, -0.05) is 35.9 Å². The SMILES string of the molecule is Cc1ccc(CCNC(=O)c2cccc(N=C(N)N3CCCC3)c2)cc1. The second-order valence-corrected chi connectivity index (χ2v) is 6.71. The van der Waals surface area contributed by atoms with Gasteiger partial charge in [-0.3, -0.25) is 4.79 Å². The zero-order chi connectivity index (χ0) is 18.4. The van der Waals surface area contributed by atoms with Crippen molar-refractivity contribution in [2.75, 3.05) is 19.6 Å². The van der Waals surface area contributed by atoms with Crippen molar-refractivity contribution in [1.82, 2.24) is 10.2 Å². The van der Waals surface area contributed by atoms with E-state index in [4.69, 9.17) is 5.73 Å². The van der Waals surface area contributed by atoms with Gasteiger partial charge in [-0.2, -0.15) is 0 Å². The Balaban J connectivity index is 1.57. The third-order valence-electron chi connectivity index (χ3n) is 4.60. The normalized spacial score (nSPS) is 14.5. The van der Waals surface area contributed by atoms with Crippen molar-refractivity contribution in [2.45, 2.75) is 26.2 Å². The van der Waals surface area contributed by atoms with Crippen molar-refractivity contribution < 1.29 is 4.79 Å². The van der Waals surface area contributed by atoms with Crippen LogP contribution in [-0.4, -0.2) is 36.4 Å². The fourth-order valence-electron chi connectivity index (χ4n) is 3.04. The summed E-state index contributed by atoms with van der Waals surface area (Å²) in [7, 11) is 0. The largest absolute Gasteiger partial charge is 0.369 e. The lowest BCUT2D eigenvalue weighted by molar-refractivity contribution is 0.0954. The first-order valence-corrected chi connectivity index (χ1v) is 9.15. The first-order valence-electron chi connectivity index (χ1n) is 9.15. The van der Waals surface area contributed by atoms with E-state index in [0.29, 0.717) is 23.8 Å². The minimum atomic E-state index is -0.0890. The van der Waals surface area contributed by atoms with E-state index in [1.807, 2.05) is 12.1 Å². The van der Waals surface area contributed by atoms with Crippen LogP contribution in [0.5, 0.6) is 0 Å². The van der Waals surface area contributed by atoms with Gasteiger partial charge in [0.15, 0.2) is 5.96 Å². The number of nitrogens with one attached hydrogen (secondary N) is 1. The smallest absolute Gasteiger partial charge is 0.251 e. The molecule has 0 spiro atoms. The zero-order valence-corrected chi connectivity index (χ0v) is 15.2. The number of nitrogens with two attached hydrogens (primary N) is 1. The second-order valence-electron chi connectivity index (χ2n) is 6.71. The average Bonchev–Trinajstić information content (AvgIpc) is 3.18. The Morgan fingerprint density at radius 1 is 1.15 bits per heavy atom. The highest BCUT2D eigenvalue weighted by Gasteiger charge is 2.13. The molecule has 3 N–H and O–H groups in total. The summed E-state index contributed by atoms with van der Waals surface area (Å²) >= 11 is 0. The van der Waals surface area contributed by atoms with Gasteiger partial charge < -0.3 is 16.0 Å². The van der Waals surface area contributed by atoms with Gasteiger partial charge in [0.2, 0.25) is 0 Å². The molecule has 0 saturated carbocycles. The van der Waals surface area contributed by atoms with Crippen LogP contribution in [0.25, 0.3) is 0 Å². The lowest BCUT2D eigenvalue weighted by atomic mass is 10.1. The number of nitrogens with zero attached hydrogens (tertiary/aromatic N) is 2. The Hall–Kier alpha value is -2.82. The molecule has 0 aromatic heterocycles. The number of guanidine groups is 1. The molecule has 136 valence electrons. The molecule has 2 aromatic carbocycles. The highest BCUT2D eigenvalue weighted by molar-refractivity contribution is 5.95. The molecule has 0 bridgehead atoms. The monoisotopic (exact) mass is 350 g/mol. The maximum absolute atomic E-state index is 12.4. The van der Waals surface area contributed by atoms with Crippen LogP contribution in [0.3, 0.4) is 0 Å². The number of likely N-dealkylation sites (tertiary alicyclic amines) is 1. The number of carbonyl (C=O) groups is 1. The lowest BCUT2D eigenvalue weighted by Crippen LogP contribution is -2.34. The highest BCUT2D eigenvalue weighted by atomic mass is 16.1. The third-order valence-corrected chi connectivity index (χ3v) is 4.60. The summed E-state index contributed by atoms with van der Waals surface area (Å²) in [6.07, 6.45) is 3.12. The van der Waals surface area contributed by atoms with E-state index in [2.05, 4.69) is 46.4 Å². The summed E-state index contributed by atoms with van der Waals surface area (Å²) in [5.74, 6) is 0.438. The van der Waals surface area contributed by atoms with Crippen LogP contribution in [0.15, 0.2) is 53.5 Å². The molecule has 1 fully saturated rings. The summed E-state index contributed by atoms with van der Waals surface area (Å²) in [4.78, 5) is 18.9. The Labute approximate surface area is 154 Å². The van der Waals surface area contributed by atoms with Gasteiger partial charge in [0.25, 0.3) is 5.91 Å². The standard InChI is InChI=1S/C21H26N4O/c1-16-7-9-17(10-8-16)11-12-23-20(26)18-5-4-6-19(15-18)24-21(22)25-13-2-3-14-25/h4-10,15H,2-3,11-14H2,1H3,(H2,22,24)(H,23,26). The molecule has 2 aromatic rings. The van der Waals surface area contributed by atoms with E-state index in [1.54, 1.807) is 12.1 Å². The Morgan fingerprint density at radius 2 is 1.88 bits per heavy atom. The molecule has 0 atom stereocenters. The molecule has 1 saturated heterocycles. The van der Waals surface area contributed by atoms with Crippen LogP contribution in [0.1, 0.15) is 34.3 Å². The molecule has 0 radical (unpaired) electrons. The molecular weight excluding hydrogens is 324 g/mol. The van der Waals surface area contributed by atoms with Gasteiger partial charge in [0.05, 0.1) is 5.69 Å². The molecule has 1 amide bonds. The van der Waals surface area contributed by atoms with Gasteiger partial charge in [0.1, 0.15) is 0 Å². The quantitative estimate of drug-likeness (QED) is 0.643. The highest BCUT2D eigenvalue weighted by Crippen LogP contribution is 2.16. The molecule has 5 heteroatoms. The molecule has 1 aliphatic heterocycles. The van der Waals surface area contributed by atoms with Crippen LogP contribution in [0, 0.1) is 6.92 Å². The number of aryl methyl sites for hydroxylation is 1. The Bertz CT molecular complexity index is 777. The molecule has 0 unspecified atom stereocenters. The van der Waals surface area contributed by atoms with E-state index in [1.165, 1.54) is 11.1 Å². The third kappa shape index (κ3) is 4.85. The summed E-state index contributed by atoms with van der Waals surface area (Å²) in [6.45, 7) is 4.58. The van der Waals surface area contributed by atoms with Crippen LogP contribution in [0.2, 0.25) is 0 Å². The Morgan fingerprint density at radius 3 is 2.62 bits per heavy atom. The summed E-state index contributed by atoms with van der Waals surface area (Å²) in [6, 6.07) is 15.6. The molecule has 1 heterocycles. The average molecular weight is 350 g/mol. The van der Waals surface area contributed by atoms with Gasteiger partial charge in [-0.05, 0) is 49.9 Å². The van der Waals surface area contributed by atoms with Crippen LogP contribution in [-0.2, 0) is 6.42 Å². The van der Waals surface area contributed by atoms with E-state index in [0.717, 1.165) is 32.4 Å². The molecular formula is C21H26N4O. The van der Waals surface area contributed by atoms with Crippen molar-refractivity contribution in [1.29, 1.82) is 0 Å². The van der Waals surface area contributed by atoms with Crippen molar-refractivity contribution in [3.8, 4) is 0 Å². The molecule has 26 heavy (non-hydrogen) atoms. The maximum atomic E-state index is 12.4. The second kappa shape index (κ2) is 8.52. The number of benzene rings is 2. The van der Waals surface area contributed by atoms with Crippen molar-refractivity contribution in [3.63, 3.8) is 0 Å². The van der Waals surface area contributed by atoms with Crippen molar-refractivity contribution >= 4 is 17.6 Å².